The van der Waals surface area contributed by atoms with E-state index in [2.05, 4.69) is 10.6 Å². The van der Waals surface area contributed by atoms with Crippen LogP contribution in [0.3, 0.4) is 0 Å². The first-order chi connectivity index (χ1) is 9.31. The van der Waals surface area contributed by atoms with Crippen molar-refractivity contribution in [2.75, 3.05) is 6.54 Å². The second kappa shape index (κ2) is 7.33. The zero-order valence-electron chi connectivity index (χ0n) is 12.3. The van der Waals surface area contributed by atoms with Crippen molar-refractivity contribution in [3.05, 3.63) is 35.4 Å². The molecule has 0 aliphatic carbocycles. The Morgan fingerprint density at radius 2 is 1.80 bits per heavy atom. The van der Waals surface area contributed by atoms with Crippen LogP contribution in [-0.2, 0) is 4.79 Å². The molecular formula is C15H22F2N2O. The quantitative estimate of drug-likeness (QED) is 0.843. The first kappa shape index (κ1) is 16.6. The van der Waals surface area contributed by atoms with Gasteiger partial charge >= 0.3 is 0 Å². The Labute approximate surface area is 118 Å². The maximum absolute atomic E-state index is 13.2. The summed E-state index contributed by atoms with van der Waals surface area (Å²) in [5.41, 5.74) is 0.604. The first-order valence-electron chi connectivity index (χ1n) is 6.80. The Kier molecular flexibility index (Phi) is 6.07. The molecule has 0 saturated heterocycles. The van der Waals surface area contributed by atoms with Gasteiger partial charge in [-0.1, -0.05) is 19.9 Å². The van der Waals surface area contributed by atoms with Crippen LogP contribution < -0.4 is 10.6 Å². The Hall–Kier alpha value is -1.49. The lowest BCUT2D eigenvalue weighted by Crippen LogP contribution is -2.44. The van der Waals surface area contributed by atoms with Crippen molar-refractivity contribution < 1.29 is 13.6 Å². The summed E-state index contributed by atoms with van der Waals surface area (Å²) in [6.07, 6.45) is 0. The van der Waals surface area contributed by atoms with Gasteiger partial charge in [-0.05, 0) is 37.5 Å². The molecule has 0 aliphatic heterocycles. The molecule has 1 rings (SSSR count). The molecule has 112 valence electrons. The molecule has 2 atom stereocenters. The van der Waals surface area contributed by atoms with Gasteiger partial charge in [0.1, 0.15) is 0 Å². The van der Waals surface area contributed by atoms with Crippen LogP contribution in [0.2, 0.25) is 0 Å². The number of hydrogen-bond donors (Lipinski definition) is 2. The van der Waals surface area contributed by atoms with Crippen LogP contribution in [0.1, 0.15) is 39.3 Å². The van der Waals surface area contributed by atoms with Gasteiger partial charge in [-0.3, -0.25) is 10.1 Å². The molecule has 1 aromatic carbocycles. The molecular weight excluding hydrogens is 262 g/mol. The lowest BCUT2D eigenvalue weighted by molar-refractivity contribution is -0.123. The van der Waals surface area contributed by atoms with Crippen molar-refractivity contribution in [2.24, 2.45) is 5.92 Å². The zero-order valence-corrected chi connectivity index (χ0v) is 12.3. The molecule has 3 nitrogen and oxygen atoms in total. The summed E-state index contributed by atoms with van der Waals surface area (Å²) < 4.78 is 26.0. The lowest BCUT2D eigenvalue weighted by Gasteiger charge is -2.20. The summed E-state index contributed by atoms with van der Waals surface area (Å²) >= 11 is 0. The third-order valence-corrected chi connectivity index (χ3v) is 3.02. The number of carbonyl (C=O) groups excluding carboxylic acids is 1. The maximum Gasteiger partial charge on any atom is 0.236 e. The number of hydrogen-bond acceptors (Lipinski definition) is 2. The molecule has 2 N–H and O–H groups in total. The van der Waals surface area contributed by atoms with Crippen molar-refractivity contribution in [1.29, 1.82) is 0 Å². The van der Waals surface area contributed by atoms with E-state index in [0.717, 1.165) is 12.1 Å². The van der Waals surface area contributed by atoms with E-state index in [1.54, 1.807) is 13.8 Å². The molecule has 0 saturated carbocycles. The normalized spacial score (nSPS) is 14.2. The van der Waals surface area contributed by atoms with Crippen molar-refractivity contribution in [3.8, 4) is 0 Å². The highest BCUT2D eigenvalue weighted by molar-refractivity contribution is 5.81. The Morgan fingerprint density at radius 1 is 1.15 bits per heavy atom. The minimum Gasteiger partial charge on any atom is -0.354 e. The topological polar surface area (TPSA) is 41.1 Å². The number of benzene rings is 1. The van der Waals surface area contributed by atoms with Gasteiger partial charge in [0, 0.05) is 12.6 Å². The third-order valence-electron chi connectivity index (χ3n) is 3.02. The largest absolute Gasteiger partial charge is 0.354 e. The number of amides is 1. The van der Waals surface area contributed by atoms with Gasteiger partial charge in [-0.2, -0.15) is 0 Å². The van der Waals surface area contributed by atoms with E-state index in [0.29, 0.717) is 18.0 Å². The van der Waals surface area contributed by atoms with E-state index < -0.39 is 17.7 Å². The van der Waals surface area contributed by atoms with Crippen LogP contribution in [0, 0.1) is 17.6 Å². The number of carbonyl (C=O) groups is 1. The molecule has 0 heterocycles. The molecule has 0 aromatic heterocycles. The van der Waals surface area contributed by atoms with Crippen LogP contribution in [0.25, 0.3) is 0 Å². The van der Waals surface area contributed by atoms with Crippen LogP contribution >= 0.6 is 0 Å². The molecule has 0 radical (unpaired) electrons. The van der Waals surface area contributed by atoms with Gasteiger partial charge in [0.15, 0.2) is 11.6 Å². The fraction of sp³-hybridized carbons (Fsp3) is 0.533. The fourth-order valence-corrected chi connectivity index (χ4v) is 1.79. The van der Waals surface area contributed by atoms with Gasteiger partial charge in [-0.25, -0.2) is 8.78 Å². The monoisotopic (exact) mass is 284 g/mol. The minimum atomic E-state index is -0.881. The predicted molar refractivity (Wildman–Crippen MR) is 75.2 cm³/mol. The first-order valence-corrected chi connectivity index (χ1v) is 6.80. The number of rotatable bonds is 6. The fourth-order valence-electron chi connectivity index (χ4n) is 1.79. The molecule has 1 amide bonds. The summed E-state index contributed by atoms with van der Waals surface area (Å²) in [5.74, 6) is -1.47. The molecule has 5 heteroatoms. The van der Waals surface area contributed by atoms with Crippen LogP contribution in [0.5, 0.6) is 0 Å². The van der Waals surface area contributed by atoms with Gasteiger partial charge < -0.3 is 5.32 Å². The summed E-state index contributed by atoms with van der Waals surface area (Å²) in [6, 6.07) is 3.09. The Morgan fingerprint density at radius 3 is 2.35 bits per heavy atom. The lowest BCUT2D eigenvalue weighted by atomic mass is 10.1. The second-order valence-electron chi connectivity index (χ2n) is 5.42. The van der Waals surface area contributed by atoms with E-state index in [-0.39, 0.29) is 11.9 Å². The van der Waals surface area contributed by atoms with Gasteiger partial charge in [0.2, 0.25) is 5.91 Å². The number of halogens is 2. The van der Waals surface area contributed by atoms with Crippen LogP contribution in [-0.4, -0.2) is 18.5 Å². The molecule has 0 bridgehead atoms. The summed E-state index contributed by atoms with van der Waals surface area (Å²) in [4.78, 5) is 11.8. The summed E-state index contributed by atoms with van der Waals surface area (Å²) in [6.45, 7) is 8.19. The molecule has 2 unspecified atom stereocenters. The van der Waals surface area contributed by atoms with E-state index >= 15 is 0 Å². The maximum atomic E-state index is 13.2. The van der Waals surface area contributed by atoms with Crippen LogP contribution in [0.15, 0.2) is 18.2 Å². The highest BCUT2D eigenvalue weighted by Gasteiger charge is 2.17. The Bertz CT molecular complexity index is 463. The van der Waals surface area contributed by atoms with Gasteiger partial charge in [0.05, 0.1) is 6.04 Å². The van der Waals surface area contributed by atoms with Crippen molar-refractivity contribution in [1.82, 2.24) is 10.6 Å². The predicted octanol–water partition coefficient (Wildman–Crippen LogP) is 2.78. The molecule has 1 aromatic rings. The van der Waals surface area contributed by atoms with E-state index in [1.165, 1.54) is 6.07 Å². The van der Waals surface area contributed by atoms with E-state index in [1.807, 2.05) is 13.8 Å². The van der Waals surface area contributed by atoms with E-state index in [4.69, 9.17) is 0 Å². The Balaban J connectivity index is 2.58. The third kappa shape index (κ3) is 4.89. The summed E-state index contributed by atoms with van der Waals surface area (Å²) in [5, 5.41) is 5.89. The SMILES string of the molecule is CC(C)CNC(=O)C(C)NC(C)c1ccc(F)c(F)c1. The second-order valence-corrected chi connectivity index (χ2v) is 5.42. The highest BCUT2D eigenvalue weighted by atomic mass is 19.2. The molecule has 20 heavy (non-hydrogen) atoms. The summed E-state index contributed by atoms with van der Waals surface area (Å²) in [7, 11) is 0. The molecule has 0 spiro atoms. The molecule has 0 fully saturated rings. The van der Waals surface area contributed by atoms with Gasteiger partial charge in [-0.15, -0.1) is 0 Å². The minimum absolute atomic E-state index is 0.104. The zero-order chi connectivity index (χ0) is 15.3. The highest BCUT2D eigenvalue weighted by Crippen LogP contribution is 2.16. The standard InChI is InChI=1S/C15H22F2N2O/c1-9(2)8-18-15(20)11(4)19-10(3)12-5-6-13(16)14(17)7-12/h5-7,9-11,19H,8H2,1-4H3,(H,18,20). The number of nitrogens with one attached hydrogen (secondary N) is 2. The average molecular weight is 284 g/mol. The molecule has 0 aliphatic rings. The van der Waals surface area contributed by atoms with Gasteiger partial charge in [0.25, 0.3) is 0 Å². The van der Waals surface area contributed by atoms with Crippen molar-refractivity contribution in [2.45, 2.75) is 39.8 Å². The average Bonchev–Trinajstić information content (AvgIpc) is 2.38. The smallest absolute Gasteiger partial charge is 0.236 e. The van der Waals surface area contributed by atoms with Crippen molar-refractivity contribution >= 4 is 5.91 Å². The van der Waals surface area contributed by atoms with Crippen molar-refractivity contribution in [3.63, 3.8) is 0 Å². The van der Waals surface area contributed by atoms with E-state index in [9.17, 15) is 13.6 Å². The van der Waals surface area contributed by atoms with Crippen LogP contribution in [0.4, 0.5) is 8.78 Å².